The predicted molar refractivity (Wildman–Crippen MR) is 96.3 cm³/mol. The smallest absolute Gasteiger partial charge is 0.164 e. The van der Waals surface area contributed by atoms with E-state index in [2.05, 4.69) is 36.2 Å². The van der Waals surface area contributed by atoms with Crippen LogP contribution in [0.2, 0.25) is 0 Å². The van der Waals surface area contributed by atoms with E-state index in [4.69, 9.17) is 0 Å². The van der Waals surface area contributed by atoms with Crippen molar-refractivity contribution in [1.82, 2.24) is 15.0 Å². The lowest BCUT2D eigenvalue weighted by molar-refractivity contribution is 0.629. The molecule has 0 spiro atoms. The molecule has 122 valence electrons. The summed E-state index contributed by atoms with van der Waals surface area (Å²) >= 11 is 3.35. The minimum atomic E-state index is -0.342. The number of anilines is 1. The van der Waals surface area contributed by atoms with E-state index < -0.39 is 0 Å². The summed E-state index contributed by atoms with van der Waals surface area (Å²) < 4.78 is 14.9. The van der Waals surface area contributed by atoms with Gasteiger partial charge in [0.2, 0.25) is 0 Å². The quantitative estimate of drug-likeness (QED) is 0.705. The second kappa shape index (κ2) is 7.49. The highest BCUT2D eigenvalue weighted by Gasteiger charge is 2.10. The fourth-order valence-electron chi connectivity index (χ4n) is 2.33. The van der Waals surface area contributed by atoms with Crippen LogP contribution in [0.4, 0.5) is 10.2 Å². The van der Waals surface area contributed by atoms with Gasteiger partial charge in [0.05, 0.1) is 5.56 Å². The number of aryl methyl sites for hydroxylation is 1. The summed E-state index contributed by atoms with van der Waals surface area (Å²) in [6, 6.07) is 10.5. The van der Waals surface area contributed by atoms with Crippen LogP contribution in [0.5, 0.6) is 0 Å². The molecule has 2 heterocycles. The average Bonchev–Trinajstić information content (AvgIpc) is 2.57. The summed E-state index contributed by atoms with van der Waals surface area (Å²) in [5, 5.41) is 3.27. The number of rotatable bonds is 5. The predicted octanol–water partition coefficient (Wildman–Crippen LogP) is 4.40. The lowest BCUT2D eigenvalue weighted by atomic mass is 10.2. The third kappa shape index (κ3) is 4.14. The van der Waals surface area contributed by atoms with Gasteiger partial charge in [-0.3, -0.25) is 4.98 Å². The molecule has 3 rings (SSSR count). The van der Waals surface area contributed by atoms with E-state index in [-0.39, 0.29) is 5.82 Å². The lowest BCUT2D eigenvalue weighted by Crippen LogP contribution is -2.08. The van der Waals surface area contributed by atoms with Crippen molar-refractivity contribution in [3.05, 3.63) is 70.3 Å². The summed E-state index contributed by atoms with van der Waals surface area (Å²) in [5.41, 5.74) is 2.31. The van der Waals surface area contributed by atoms with E-state index in [0.717, 1.165) is 22.2 Å². The highest BCUT2D eigenvalue weighted by atomic mass is 79.9. The molecule has 0 atom stereocenters. The van der Waals surface area contributed by atoms with Crippen LogP contribution in [0.1, 0.15) is 11.3 Å². The van der Waals surface area contributed by atoms with Gasteiger partial charge in [-0.05, 0) is 43.2 Å². The Morgan fingerprint density at radius 2 is 2.04 bits per heavy atom. The molecule has 0 bridgehead atoms. The van der Waals surface area contributed by atoms with E-state index >= 15 is 0 Å². The van der Waals surface area contributed by atoms with Crippen LogP contribution in [-0.2, 0) is 6.42 Å². The van der Waals surface area contributed by atoms with Crippen molar-refractivity contribution in [2.75, 3.05) is 11.9 Å². The average molecular weight is 387 g/mol. The van der Waals surface area contributed by atoms with Gasteiger partial charge in [-0.15, -0.1) is 0 Å². The maximum absolute atomic E-state index is 14.1. The number of nitrogens with one attached hydrogen (secondary N) is 1. The maximum Gasteiger partial charge on any atom is 0.164 e. The number of nitrogens with zero attached hydrogens (tertiary/aromatic N) is 3. The fraction of sp³-hybridized carbons (Fsp3) is 0.167. The standard InChI is InChI=1S/C18H16BrFN4/c1-12-9-17(22-8-6-13-3-2-7-21-11-13)24-18(23-12)15-10-14(19)4-5-16(15)20/h2-5,7,9-11H,6,8H2,1H3,(H,22,23,24). The Morgan fingerprint density at radius 3 is 2.83 bits per heavy atom. The van der Waals surface area contributed by atoms with Gasteiger partial charge in [0.1, 0.15) is 11.6 Å². The molecule has 2 aromatic heterocycles. The minimum Gasteiger partial charge on any atom is -0.370 e. The van der Waals surface area contributed by atoms with Crippen molar-refractivity contribution in [3.8, 4) is 11.4 Å². The first-order valence-corrected chi connectivity index (χ1v) is 8.35. The largest absolute Gasteiger partial charge is 0.370 e. The van der Waals surface area contributed by atoms with Crippen LogP contribution in [-0.4, -0.2) is 21.5 Å². The Kier molecular flexibility index (Phi) is 5.15. The first kappa shape index (κ1) is 16.5. The third-order valence-electron chi connectivity index (χ3n) is 3.47. The van der Waals surface area contributed by atoms with Crippen LogP contribution in [0.25, 0.3) is 11.4 Å². The molecule has 0 aliphatic heterocycles. The normalized spacial score (nSPS) is 10.6. The number of aromatic nitrogens is 3. The van der Waals surface area contributed by atoms with E-state index in [9.17, 15) is 4.39 Å². The zero-order chi connectivity index (χ0) is 16.9. The molecule has 0 unspecified atom stereocenters. The van der Waals surface area contributed by atoms with Crippen LogP contribution >= 0.6 is 15.9 Å². The van der Waals surface area contributed by atoms with Crippen molar-refractivity contribution in [2.45, 2.75) is 13.3 Å². The molecule has 0 saturated heterocycles. The summed E-state index contributed by atoms with van der Waals surface area (Å²) in [5.74, 6) is 0.712. The lowest BCUT2D eigenvalue weighted by Gasteiger charge is -2.09. The maximum atomic E-state index is 14.1. The molecule has 0 saturated carbocycles. The van der Waals surface area contributed by atoms with Crippen molar-refractivity contribution in [3.63, 3.8) is 0 Å². The first-order chi connectivity index (χ1) is 11.6. The van der Waals surface area contributed by atoms with Gasteiger partial charge < -0.3 is 5.32 Å². The summed E-state index contributed by atoms with van der Waals surface area (Å²) in [6.07, 6.45) is 4.43. The van der Waals surface area contributed by atoms with Crippen molar-refractivity contribution in [1.29, 1.82) is 0 Å². The number of halogens is 2. The molecule has 0 aliphatic rings. The zero-order valence-electron chi connectivity index (χ0n) is 13.1. The van der Waals surface area contributed by atoms with Gasteiger partial charge in [-0.1, -0.05) is 22.0 Å². The fourth-order valence-corrected chi connectivity index (χ4v) is 2.69. The van der Waals surface area contributed by atoms with E-state index in [1.165, 1.54) is 6.07 Å². The Morgan fingerprint density at radius 1 is 1.17 bits per heavy atom. The monoisotopic (exact) mass is 386 g/mol. The van der Waals surface area contributed by atoms with Crippen molar-refractivity contribution >= 4 is 21.7 Å². The van der Waals surface area contributed by atoms with Gasteiger partial charge >= 0.3 is 0 Å². The number of benzene rings is 1. The number of hydrogen-bond acceptors (Lipinski definition) is 4. The SMILES string of the molecule is Cc1cc(NCCc2cccnc2)nc(-c2cc(Br)ccc2F)n1. The summed E-state index contributed by atoms with van der Waals surface area (Å²) in [6.45, 7) is 2.58. The van der Waals surface area contributed by atoms with E-state index in [1.54, 1.807) is 18.3 Å². The highest BCUT2D eigenvalue weighted by Crippen LogP contribution is 2.24. The number of pyridine rings is 1. The third-order valence-corrected chi connectivity index (χ3v) is 3.96. The van der Waals surface area contributed by atoms with E-state index in [0.29, 0.717) is 23.8 Å². The van der Waals surface area contributed by atoms with Crippen molar-refractivity contribution < 1.29 is 4.39 Å². The van der Waals surface area contributed by atoms with Crippen LogP contribution in [0, 0.1) is 12.7 Å². The van der Waals surface area contributed by atoms with Crippen LogP contribution in [0.15, 0.2) is 53.3 Å². The van der Waals surface area contributed by atoms with Crippen LogP contribution < -0.4 is 5.32 Å². The Labute approximate surface area is 148 Å². The van der Waals surface area contributed by atoms with Crippen LogP contribution in [0.3, 0.4) is 0 Å². The Bertz CT molecular complexity index is 840. The molecule has 6 heteroatoms. The second-order valence-electron chi connectivity index (χ2n) is 5.38. The molecule has 0 amide bonds. The Hall–Kier alpha value is -2.34. The molecule has 24 heavy (non-hydrogen) atoms. The molecule has 0 fully saturated rings. The highest BCUT2D eigenvalue weighted by molar-refractivity contribution is 9.10. The molecule has 0 radical (unpaired) electrons. The minimum absolute atomic E-state index is 0.342. The second-order valence-corrected chi connectivity index (χ2v) is 6.30. The molecule has 0 aliphatic carbocycles. The summed E-state index contributed by atoms with van der Waals surface area (Å²) in [7, 11) is 0. The molecule has 1 aromatic carbocycles. The molecular formula is C18H16BrFN4. The van der Waals surface area contributed by atoms with Gasteiger partial charge in [-0.2, -0.15) is 0 Å². The first-order valence-electron chi connectivity index (χ1n) is 7.56. The topological polar surface area (TPSA) is 50.7 Å². The molecular weight excluding hydrogens is 371 g/mol. The number of hydrogen-bond donors (Lipinski definition) is 1. The summed E-state index contributed by atoms with van der Waals surface area (Å²) in [4.78, 5) is 12.9. The van der Waals surface area contributed by atoms with Gasteiger partial charge in [0.25, 0.3) is 0 Å². The van der Waals surface area contributed by atoms with E-state index in [1.807, 2.05) is 31.3 Å². The van der Waals surface area contributed by atoms with Gasteiger partial charge in [0, 0.05) is 35.2 Å². The van der Waals surface area contributed by atoms with Gasteiger partial charge in [0.15, 0.2) is 5.82 Å². The van der Waals surface area contributed by atoms with Crippen molar-refractivity contribution in [2.24, 2.45) is 0 Å². The Balaban J connectivity index is 1.78. The molecule has 3 aromatic rings. The zero-order valence-corrected chi connectivity index (χ0v) is 14.7. The van der Waals surface area contributed by atoms with Gasteiger partial charge in [-0.25, -0.2) is 14.4 Å². The molecule has 4 nitrogen and oxygen atoms in total. The molecule has 1 N–H and O–H groups in total.